The molecule has 0 aliphatic rings. The van der Waals surface area contributed by atoms with Crippen LogP contribution in [0, 0.1) is 0 Å². The van der Waals surface area contributed by atoms with Gasteiger partial charge in [-0.1, -0.05) is 24.3 Å². The first-order valence-electron chi connectivity index (χ1n) is 9.13. The highest BCUT2D eigenvalue weighted by molar-refractivity contribution is 5.94. The van der Waals surface area contributed by atoms with Crippen LogP contribution in [0.1, 0.15) is 15.9 Å². The van der Waals surface area contributed by atoms with Gasteiger partial charge in [-0.15, -0.1) is 0 Å². The molecule has 6 heteroatoms. The summed E-state index contributed by atoms with van der Waals surface area (Å²) >= 11 is 0. The van der Waals surface area contributed by atoms with Crippen molar-refractivity contribution in [2.24, 2.45) is 0 Å². The van der Waals surface area contributed by atoms with E-state index in [0.29, 0.717) is 29.5 Å². The van der Waals surface area contributed by atoms with Crippen LogP contribution in [-0.4, -0.2) is 25.1 Å². The fourth-order valence-corrected chi connectivity index (χ4v) is 3.02. The van der Waals surface area contributed by atoms with Gasteiger partial charge >= 0.3 is 0 Å². The van der Waals surface area contributed by atoms with E-state index in [1.54, 1.807) is 25.3 Å². The third-order valence-electron chi connectivity index (χ3n) is 4.59. The first kappa shape index (κ1) is 18.6. The topological polar surface area (TPSA) is 73.6 Å². The van der Waals surface area contributed by atoms with Gasteiger partial charge in [-0.25, -0.2) is 4.98 Å². The van der Waals surface area contributed by atoms with Crippen molar-refractivity contribution in [2.45, 2.75) is 6.54 Å². The van der Waals surface area contributed by atoms with Gasteiger partial charge in [0.1, 0.15) is 5.52 Å². The Morgan fingerprint density at radius 1 is 0.966 bits per heavy atom. The van der Waals surface area contributed by atoms with Crippen molar-refractivity contribution in [3.63, 3.8) is 0 Å². The number of benzene rings is 3. The molecule has 0 unspecified atom stereocenters. The maximum absolute atomic E-state index is 12.4. The van der Waals surface area contributed by atoms with Crippen LogP contribution in [0.4, 0.5) is 0 Å². The Bertz CT molecular complexity index is 1120. The van der Waals surface area contributed by atoms with Crippen LogP contribution < -0.4 is 14.8 Å². The van der Waals surface area contributed by atoms with E-state index in [4.69, 9.17) is 13.9 Å². The van der Waals surface area contributed by atoms with E-state index in [0.717, 1.165) is 22.2 Å². The Morgan fingerprint density at radius 2 is 1.72 bits per heavy atom. The molecule has 0 spiro atoms. The molecule has 0 saturated carbocycles. The molecule has 1 aromatic heterocycles. The number of carbonyl (C=O) groups is 1. The zero-order valence-corrected chi connectivity index (χ0v) is 16.1. The van der Waals surface area contributed by atoms with Crippen molar-refractivity contribution in [1.82, 2.24) is 10.3 Å². The third kappa shape index (κ3) is 3.91. The maximum atomic E-state index is 12.4. The molecule has 146 valence electrons. The number of nitrogens with zero attached hydrogens (tertiary/aromatic N) is 1. The monoisotopic (exact) mass is 388 g/mol. The van der Waals surface area contributed by atoms with E-state index in [1.807, 2.05) is 48.5 Å². The molecule has 0 saturated heterocycles. The fraction of sp³-hybridized carbons (Fsp3) is 0.130. The third-order valence-corrected chi connectivity index (χ3v) is 4.59. The summed E-state index contributed by atoms with van der Waals surface area (Å²) in [5, 5.41) is 2.91. The summed E-state index contributed by atoms with van der Waals surface area (Å²) in [5.74, 6) is 1.49. The van der Waals surface area contributed by atoms with Crippen molar-refractivity contribution in [3.05, 3.63) is 77.9 Å². The highest BCUT2D eigenvalue weighted by Crippen LogP contribution is 2.27. The summed E-state index contributed by atoms with van der Waals surface area (Å²) in [6.45, 7) is 0.404. The second kappa shape index (κ2) is 8.06. The molecular formula is C23H20N2O4. The number of hydrogen-bond donors (Lipinski definition) is 1. The van der Waals surface area contributed by atoms with Gasteiger partial charge in [-0.2, -0.15) is 0 Å². The minimum atomic E-state index is -0.186. The SMILES string of the molecule is COc1ccc(C(=O)NCc2ccc(-c3nc4ccccc4o3)cc2)cc1OC. The fourth-order valence-electron chi connectivity index (χ4n) is 3.02. The number of para-hydroxylation sites is 2. The van der Waals surface area contributed by atoms with Gasteiger partial charge in [0.15, 0.2) is 17.1 Å². The molecule has 4 aromatic rings. The van der Waals surface area contributed by atoms with Crippen molar-refractivity contribution < 1.29 is 18.7 Å². The zero-order chi connectivity index (χ0) is 20.2. The Kier molecular flexibility index (Phi) is 5.16. The molecule has 3 aromatic carbocycles. The minimum Gasteiger partial charge on any atom is -0.493 e. The van der Waals surface area contributed by atoms with E-state index < -0.39 is 0 Å². The zero-order valence-electron chi connectivity index (χ0n) is 16.1. The smallest absolute Gasteiger partial charge is 0.251 e. The van der Waals surface area contributed by atoms with E-state index in [1.165, 1.54) is 7.11 Å². The lowest BCUT2D eigenvalue weighted by atomic mass is 10.1. The maximum Gasteiger partial charge on any atom is 0.251 e. The van der Waals surface area contributed by atoms with Crippen molar-refractivity contribution in [3.8, 4) is 23.0 Å². The Labute approximate surface area is 168 Å². The number of hydrogen-bond acceptors (Lipinski definition) is 5. The number of oxazole rings is 1. The van der Waals surface area contributed by atoms with E-state index in [2.05, 4.69) is 10.3 Å². The van der Waals surface area contributed by atoms with E-state index in [-0.39, 0.29) is 5.91 Å². The largest absolute Gasteiger partial charge is 0.493 e. The lowest BCUT2D eigenvalue weighted by Crippen LogP contribution is -2.22. The van der Waals surface area contributed by atoms with Crippen LogP contribution >= 0.6 is 0 Å². The number of aromatic nitrogens is 1. The van der Waals surface area contributed by atoms with Gasteiger partial charge in [0, 0.05) is 17.7 Å². The van der Waals surface area contributed by atoms with Crippen LogP contribution in [0.2, 0.25) is 0 Å². The average molecular weight is 388 g/mol. The molecule has 1 amide bonds. The van der Waals surface area contributed by atoms with Crippen molar-refractivity contribution in [1.29, 1.82) is 0 Å². The highest BCUT2D eigenvalue weighted by atomic mass is 16.5. The first-order chi connectivity index (χ1) is 14.2. The summed E-state index contributed by atoms with van der Waals surface area (Å²) in [5.41, 5.74) is 3.95. The lowest BCUT2D eigenvalue weighted by molar-refractivity contribution is 0.0950. The molecule has 0 bridgehead atoms. The molecule has 6 nitrogen and oxygen atoms in total. The predicted molar refractivity (Wildman–Crippen MR) is 110 cm³/mol. The average Bonchev–Trinajstić information content (AvgIpc) is 3.21. The standard InChI is InChI=1S/C23H20N2O4/c1-27-20-12-11-17(13-21(20)28-2)22(26)24-14-15-7-9-16(10-8-15)23-25-18-5-3-4-6-19(18)29-23/h3-13H,14H2,1-2H3,(H,24,26). The molecule has 1 heterocycles. The summed E-state index contributed by atoms with van der Waals surface area (Å²) < 4.78 is 16.2. The number of nitrogens with one attached hydrogen (secondary N) is 1. The number of carbonyl (C=O) groups excluding carboxylic acids is 1. The summed E-state index contributed by atoms with van der Waals surface area (Å²) in [4.78, 5) is 16.9. The highest BCUT2D eigenvalue weighted by Gasteiger charge is 2.11. The molecule has 4 rings (SSSR count). The number of methoxy groups -OCH3 is 2. The Balaban J connectivity index is 1.43. The molecule has 0 aliphatic heterocycles. The van der Waals surface area contributed by atoms with Crippen LogP contribution in [0.15, 0.2) is 71.1 Å². The van der Waals surface area contributed by atoms with Crippen LogP contribution in [0.25, 0.3) is 22.6 Å². The van der Waals surface area contributed by atoms with Crippen molar-refractivity contribution >= 4 is 17.0 Å². The summed E-state index contributed by atoms with van der Waals surface area (Å²) in [6, 6.07) is 20.5. The molecule has 29 heavy (non-hydrogen) atoms. The first-order valence-corrected chi connectivity index (χ1v) is 9.13. The molecular weight excluding hydrogens is 368 g/mol. The van der Waals surface area contributed by atoms with E-state index >= 15 is 0 Å². The van der Waals surface area contributed by atoms with Gasteiger partial charge in [0.25, 0.3) is 5.91 Å². The predicted octanol–water partition coefficient (Wildman–Crippen LogP) is 4.44. The van der Waals surface area contributed by atoms with Gasteiger partial charge in [0.05, 0.1) is 14.2 Å². The molecule has 0 radical (unpaired) electrons. The summed E-state index contributed by atoms with van der Waals surface area (Å²) in [7, 11) is 3.10. The lowest BCUT2D eigenvalue weighted by Gasteiger charge is -2.10. The summed E-state index contributed by atoms with van der Waals surface area (Å²) in [6.07, 6.45) is 0. The normalized spacial score (nSPS) is 10.7. The minimum absolute atomic E-state index is 0.186. The second-order valence-electron chi connectivity index (χ2n) is 6.44. The van der Waals surface area contributed by atoms with Gasteiger partial charge in [0.2, 0.25) is 5.89 Å². The molecule has 0 fully saturated rings. The number of ether oxygens (including phenoxy) is 2. The van der Waals surface area contributed by atoms with Crippen LogP contribution in [0.5, 0.6) is 11.5 Å². The Morgan fingerprint density at radius 3 is 2.45 bits per heavy atom. The molecule has 1 N–H and O–H groups in total. The van der Waals surface area contributed by atoms with Gasteiger partial charge in [-0.05, 0) is 48.0 Å². The van der Waals surface area contributed by atoms with Crippen LogP contribution in [-0.2, 0) is 6.54 Å². The quantitative estimate of drug-likeness (QED) is 0.529. The Hall–Kier alpha value is -3.80. The van der Waals surface area contributed by atoms with Crippen molar-refractivity contribution in [2.75, 3.05) is 14.2 Å². The number of fused-ring (bicyclic) bond motifs is 1. The van der Waals surface area contributed by atoms with Gasteiger partial charge in [-0.3, -0.25) is 4.79 Å². The van der Waals surface area contributed by atoms with Gasteiger partial charge < -0.3 is 19.2 Å². The van der Waals surface area contributed by atoms with E-state index in [9.17, 15) is 4.79 Å². The number of rotatable bonds is 6. The number of amides is 1. The molecule has 0 aliphatic carbocycles. The molecule has 0 atom stereocenters. The van der Waals surface area contributed by atoms with Crippen LogP contribution in [0.3, 0.4) is 0 Å². The second-order valence-corrected chi connectivity index (χ2v) is 6.44.